The normalized spacial score (nSPS) is 22.7. The smallest absolute Gasteiger partial charge is 0.225 e. The van der Waals surface area contributed by atoms with E-state index in [2.05, 4.69) is 59.2 Å². The van der Waals surface area contributed by atoms with Crippen LogP contribution in [0.5, 0.6) is 0 Å². The summed E-state index contributed by atoms with van der Waals surface area (Å²) in [5.74, 6) is 1.32. The van der Waals surface area contributed by atoms with Gasteiger partial charge in [-0.25, -0.2) is 0 Å². The third kappa shape index (κ3) is 3.78. The van der Waals surface area contributed by atoms with Crippen LogP contribution in [0.1, 0.15) is 38.2 Å². The third-order valence-electron chi connectivity index (χ3n) is 6.18. The van der Waals surface area contributed by atoms with E-state index in [1.807, 2.05) is 0 Å². The summed E-state index contributed by atoms with van der Waals surface area (Å²) in [5, 5.41) is 2.67. The van der Waals surface area contributed by atoms with Crippen LogP contribution in [0.3, 0.4) is 0 Å². The highest BCUT2D eigenvalue weighted by Gasteiger charge is 2.30. The number of amides is 1. The Morgan fingerprint density at radius 3 is 2.58 bits per heavy atom. The number of nitrogens with zero attached hydrogens (tertiary/aromatic N) is 2. The molecular formula is C23H30N2O. The molecule has 0 saturated carbocycles. The predicted molar refractivity (Wildman–Crippen MR) is 107 cm³/mol. The molecule has 2 aromatic rings. The van der Waals surface area contributed by atoms with E-state index in [0.717, 1.165) is 45.6 Å². The highest BCUT2D eigenvalue weighted by atomic mass is 16.2. The van der Waals surface area contributed by atoms with Gasteiger partial charge in [0, 0.05) is 25.6 Å². The van der Waals surface area contributed by atoms with Crippen molar-refractivity contribution in [1.29, 1.82) is 0 Å². The summed E-state index contributed by atoms with van der Waals surface area (Å²) in [5.41, 5.74) is 1.40. The molecule has 0 bridgehead atoms. The summed E-state index contributed by atoms with van der Waals surface area (Å²) < 4.78 is 0. The second-order valence-corrected chi connectivity index (χ2v) is 8.22. The fraction of sp³-hybridized carbons (Fsp3) is 0.522. The van der Waals surface area contributed by atoms with Gasteiger partial charge in [0.05, 0.1) is 0 Å². The van der Waals surface area contributed by atoms with Crippen molar-refractivity contribution in [2.45, 2.75) is 39.2 Å². The molecule has 0 radical (unpaired) electrons. The Bertz CT molecular complexity index is 758. The second-order valence-electron chi connectivity index (χ2n) is 8.22. The van der Waals surface area contributed by atoms with E-state index >= 15 is 0 Å². The second kappa shape index (κ2) is 7.79. The molecule has 0 spiro atoms. The van der Waals surface area contributed by atoms with Crippen LogP contribution in [0.25, 0.3) is 10.8 Å². The van der Waals surface area contributed by atoms with Crippen LogP contribution < -0.4 is 0 Å². The van der Waals surface area contributed by atoms with E-state index in [1.54, 1.807) is 0 Å². The Balaban J connectivity index is 1.35. The summed E-state index contributed by atoms with van der Waals surface area (Å²) in [6.07, 6.45) is 4.46. The Morgan fingerprint density at radius 1 is 1.00 bits per heavy atom. The van der Waals surface area contributed by atoms with E-state index in [-0.39, 0.29) is 5.92 Å². The SMILES string of the molecule is CC1CCCN(C(=O)C2CCN(Cc3cccc4ccccc34)CC2)C1. The minimum atomic E-state index is 0.240. The summed E-state index contributed by atoms with van der Waals surface area (Å²) in [6.45, 7) is 7.26. The molecule has 1 amide bonds. The molecule has 2 aliphatic heterocycles. The van der Waals surface area contributed by atoms with E-state index < -0.39 is 0 Å². The van der Waals surface area contributed by atoms with Crippen molar-refractivity contribution < 1.29 is 4.79 Å². The van der Waals surface area contributed by atoms with Crippen molar-refractivity contribution in [3.63, 3.8) is 0 Å². The number of carbonyl (C=O) groups is 1. The molecule has 3 nitrogen and oxygen atoms in total. The molecule has 0 N–H and O–H groups in total. The zero-order valence-corrected chi connectivity index (χ0v) is 15.9. The molecule has 4 rings (SSSR count). The minimum absolute atomic E-state index is 0.240. The summed E-state index contributed by atoms with van der Waals surface area (Å²) in [6, 6.07) is 15.2. The van der Waals surface area contributed by atoms with Gasteiger partial charge < -0.3 is 4.90 Å². The van der Waals surface area contributed by atoms with E-state index in [9.17, 15) is 4.79 Å². The quantitative estimate of drug-likeness (QED) is 0.823. The van der Waals surface area contributed by atoms with E-state index in [4.69, 9.17) is 0 Å². The number of hydrogen-bond donors (Lipinski definition) is 0. The highest BCUT2D eigenvalue weighted by molar-refractivity contribution is 5.85. The van der Waals surface area contributed by atoms with Gasteiger partial charge in [0.25, 0.3) is 0 Å². The number of carbonyl (C=O) groups excluding carboxylic acids is 1. The van der Waals surface area contributed by atoms with E-state index in [1.165, 1.54) is 29.2 Å². The Morgan fingerprint density at radius 2 is 1.77 bits per heavy atom. The molecule has 2 aliphatic rings. The minimum Gasteiger partial charge on any atom is -0.342 e. The maximum absolute atomic E-state index is 12.8. The highest BCUT2D eigenvalue weighted by Crippen LogP contribution is 2.26. The van der Waals surface area contributed by atoms with Gasteiger partial charge >= 0.3 is 0 Å². The topological polar surface area (TPSA) is 23.6 Å². The van der Waals surface area contributed by atoms with Gasteiger partial charge in [-0.15, -0.1) is 0 Å². The monoisotopic (exact) mass is 350 g/mol. The predicted octanol–water partition coefficient (Wildman–Crippen LogP) is 4.31. The Hall–Kier alpha value is -1.87. The number of likely N-dealkylation sites (tertiary alicyclic amines) is 2. The molecule has 1 atom stereocenters. The lowest BCUT2D eigenvalue weighted by Gasteiger charge is -2.37. The van der Waals surface area contributed by atoms with Gasteiger partial charge in [0.15, 0.2) is 0 Å². The first-order valence-corrected chi connectivity index (χ1v) is 10.2. The fourth-order valence-corrected chi connectivity index (χ4v) is 4.66. The zero-order valence-electron chi connectivity index (χ0n) is 15.9. The lowest BCUT2D eigenvalue weighted by atomic mass is 9.92. The number of hydrogen-bond acceptors (Lipinski definition) is 2. The Kier molecular flexibility index (Phi) is 5.26. The van der Waals surface area contributed by atoms with Crippen molar-refractivity contribution in [2.24, 2.45) is 11.8 Å². The standard InChI is InChI=1S/C23H30N2O/c1-18-6-5-13-25(16-18)23(26)20-11-14-24(15-12-20)17-21-9-4-8-19-7-2-3-10-22(19)21/h2-4,7-10,18,20H,5-6,11-17H2,1H3. The average Bonchev–Trinajstić information content (AvgIpc) is 2.68. The van der Waals surface area contributed by atoms with Gasteiger partial charge in [-0.2, -0.15) is 0 Å². The molecule has 1 unspecified atom stereocenters. The molecule has 0 aromatic heterocycles. The number of fused-ring (bicyclic) bond motifs is 1. The zero-order chi connectivity index (χ0) is 17.9. The molecule has 2 aromatic carbocycles. The van der Waals surface area contributed by atoms with Crippen molar-refractivity contribution in [3.05, 3.63) is 48.0 Å². The van der Waals surface area contributed by atoms with Crippen molar-refractivity contribution in [1.82, 2.24) is 9.80 Å². The maximum Gasteiger partial charge on any atom is 0.225 e. The molecule has 3 heteroatoms. The van der Waals surface area contributed by atoms with Crippen LogP contribution >= 0.6 is 0 Å². The molecule has 138 valence electrons. The van der Waals surface area contributed by atoms with E-state index in [0.29, 0.717) is 11.8 Å². The van der Waals surface area contributed by atoms with Gasteiger partial charge in [-0.1, -0.05) is 49.4 Å². The summed E-state index contributed by atoms with van der Waals surface area (Å²) in [4.78, 5) is 17.5. The molecular weight excluding hydrogens is 320 g/mol. The van der Waals surface area contributed by atoms with Crippen LogP contribution in [-0.2, 0) is 11.3 Å². The summed E-state index contributed by atoms with van der Waals surface area (Å²) in [7, 11) is 0. The fourth-order valence-electron chi connectivity index (χ4n) is 4.66. The maximum atomic E-state index is 12.8. The van der Waals surface area contributed by atoms with Gasteiger partial charge in [0.2, 0.25) is 5.91 Å². The summed E-state index contributed by atoms with van der Waals surface area (Å²) >= 11 is 0. The van der Waals surface area contributed by atoms with Gasteiger partial charge in [-0.05, 0) is 61.0 Å². The number of piperidine rings is 2. The van der Waals surface area contributed by atoms with Crippen LogP contribution in [0.15, 0.2) is 42.5 Å². The van der Waals surface area contributed by atoms with Crippen LogP contribution in [-0.4, -0.2) is 41.9 Å². The van der Waals surface area contributed by atoms with Gasteiger partial charge in [0.1, 0.15) is 0 Å². The van der Waals surface area contributed by atoms with Crippen molar-refractivity contribution >= 4 is 16.7 Å². The molecule has 0 aliphatic carbocycles. The lowest BCUT2D eigenvalue weighted by Crippen LogP contribution is -2.45. The van der Waals surface area contributed by atoms with Gasteiger partial charge in [-0.3, -0.25) is 9.69 Å². The first-order valence-electron chi connectivity index (χ1n) is 10.2. The van der Waals surface area contributed by atoms with Crippen LogP contribution in [0, 0.1) is 11.8 Å². The van der Waals surface area contributed by atoms with Crippen LogP contribution in [0.2, 0.25) is 0 Å². The lowest BCUT2D eigenvalue weighted by molar-refractivity contribution is -0.138. The Labute approximate surface area is 157 Å². The van der Waals surface area contributed by atoms with Crippen molar-refractivity contribution in [3.8, 4) is 0 Å². The third-order valence-corrected chi connectivity index (χ3v) is 6.18. The average molecular weight is 351 g/mol. The molecule has 2 saturated heterocycles. The molecule has 2 fully saturated rings. The largest absolute Gasteiger partial charge is 0.342 e. The van der Waals surface area contributed by atoms with Crippen LogP contribution in [0.4, 0.5) is 0 Å². The molecule has 26 heavy (non-hydrogen) atoms. The molecule has 2 heterocycles. The van der Waals surface area contributed by atoms with Crippen molar-refractivity contribution in [2.75, 3.05) is 26.2 Å². The number of benzene rings is 2. The first kappa shape index (κ1) is 17.5. The first-order chi connectivity index (χ1) is 12.7. The number of rotatable bonds is 3.